The summed E-state index contributed by atoms with van der Waals surface area (Å²) in [5.41, 5.74) is 0.755. The monoisotopic (exact) mass is 410 g/mol. The summed E-state index contributed by atoms with van der Waals surface area (Å²) in [4.78, 5) is 32.3. The number of anilines is 1. The lowest BCUT2D eigenvalue weighted by Crippen LogP contribution is -2.30. The highest BCUT2D eigenvalue weighted by Gasteiger charge is 2.45. The summed E-state index contributed by atoms with van der Waals surface area (Å²) < 4.78 is 5.84. The highest BCUT2D eigenvalue weighted by atomic mass is 35.5. The molecular formula is C19H11ClN4O3S. The Bertz CT molecular complexity index is 1300. The normalized spacial score (nSPS) is 16.0. The van der Waals surface area contributed by atoms with Gasteiger partial charge in [0.05, 0.1) is 16.6 Å². The summed E-state index contributed by atoms with van der Waals surface area (Å²) in [7, 11) is 0. The lowest BCUT2D eigenvalue weighted by atomic mass is 10.0. The van der Waals surface area contributed by atoms with Crippen molar-refractivity contribution < 1.29 is 9.21 Å². The number of aromatic nitrogens is 3. The first-order valence-electron chi connectivity index (χ1n) is 8.35. The zero-order chi connectivity index (χ0) is 19.4. The molecule has 0 saturated heterocycles. The minimum absolute atomic E-state index is 0.0108. The number of amides is 1. The van der Waals surface area contributed by atoms with Gasteiger partial charge in [-0.2, -0.15) is 0 Å². The number of nitrogens with zero attached hydrogens (tertiary/aromatic N) is 4. The molecule has 3 aromatic heterocycles. The van der Waals surface area contributed by atoms with Gasteiger partial charge in [0, 0.05) is 11.2 Å². The van der Waals surface area contributed by atoms with Crippen LogP contribution in [-0.2, 0) is 0 Å². The number of pyridine rings is 1. The van der Waals surface area contributed by atoms with Gasteiger partial charge in [-0.15, -0.1) is 10.2 Å². The van der Waals surface area contributed by atoms with Gasteiger partial charge in [0.25, 0.3) is 5.91 Å². The van der Waals surface area contributed by atoms with Crippen molar-refractivity contribution in [2.45, 2.75) is 13.0 Å². The average Bonchev–Trinajstić information content (AvgIpc) is 3.24. The van der Waals surface area contributed by atoms with Crippen LogP contribution in [0.3, 0.4) is 0 Å². The fourth-order valence-electron chi connectivity index (χ4n) is 3.34. The Morgan fingerprint density at radius 3 is 2.75 bits per heavy atom. The van der Waals surface area contributed by atoms with Crippen LogP contribution in [0.4, 0.5) is 5.13 Å². The Labute approximate surface area is 167 Å². The van der Waals surface area contributed by atoms with E-state index in [-0.39, 0.29) is 16.8 Å². The lowest BCUT2D eigenvalue weighted by molar-refractivity contribution is 0.0970. The van der Waals surface area contributed by atoms with E-state index in [1.54, 1.807) is 49.5 Å². The maximum Gasteiger partial charge on any atom is 0.297 e. The van der Waals surface area contributed by atoms with Gasteiger partial charge in [-0.05, 0) is 37.3 Å². The molecule has 0 radical (unpaired) electrons. The predicted octanol–water partition coefficient (Wildman–Crippen LogP) is 3.75. The van der Waals surface area contributed by atoms with E-state index in [1.165, 1.54) is 16.2 Å². The van der Waals surface area contributed by atoms with Crippen molar-refractivity contribution in [2.24, 2.45) is 0 Å². The van der Waals surface area contributed by atoms with Crippen LogP contribution in [0.15, 0.2) is 51.8 Å². The number of benzene rings is 1. The Morgan fingerprint density at radius 2 is 2.04 bits per heavy atom. The summed E-state index contributed by atoms with van der Waals surface area (Å²) in [5, 5.41) is 9.92. The number of hydrogen-bond donors (Lipinski definition) is 0. The van der Waals surface area contributed by atoms with E-state index in [0.29, 0.717) is 31.8 Å². The highest BCUT2D eigenvalue weighted by Crippen LogP contribution is 2.41. The Hall–Kier alpha value is -3.10. The number of carbonyl (C=O) groups excluding carboxylic acids is 1. The molecule has 1 aliphatic heterocycles. The number of carbonyl (C=O) groups is 1. The molecule has 1 atom stereocenters. The van der Waals surface area contributed by atoms with E-state index in [4.69, 9.17) is 16.0 Å². The molecule has 4 heterocycles. The van der Waals surface area contributed by atoms with Crippen LogP contribution in [0.5, 0.6) is 0 Å². The van der Waals surface area contributed by atoms with E-state index in [2.05, 4.69) is 15.2 Å². The van der Waals surface area contributed by atoms with Gasteiger partial charge in [0.2, 0.25) is 10.9 Å². The molecule has 0 fully saturated rings. The number of fused-ring (bicyclic) bond motifs is 2. The fourth-order valence-corrected chi connectivity index (χ4v) is 4.23. The van der Waals surface area contributed by atoms with Crippen LogP contribution in [-0.4, -0.2) is 21.1 Å². The molecular weight excluding hydrogens is 400 g/mol. The van der Waals surface area contributed by atoms with E-state index < -0.39 is 11.9 Å². The maximum atomic E-state index is 13.3. The third-order valence-corrected chi connectivity index (χ3v) is 5.59. The van der Waals surface area contributed by atoms with Gasteiger partial charge in [-0.3, -0.25) is 19.5 Å². The molecule has 0 aliphatic carbocycles. The molecule has 0 N–H and O–H groups in total. The third-order valence-electron chi connectivity index (χ3n) is 4.52. The third kappa shape index (κ3) is 2.45. The second-order valence-electron chi connectivity index (χ2n) is 6.25. The number of halogens is 1. The molecule has 1 aromatic carbocycles. The maximum absolute atomic E-state index is 13.3. The zero-order valence-corrected chi connectivity index (χ0v) is 16.0. The largest absolute Gasteiger partial charge is 0.450 e. The van der Waals surface area contributed by atoms with Gasteiger partial charge in [0.15, 0.2) is 5.43 Å². The first kappa shape index (κ1) is 17.0. The van der Waals surface area contributed by atoms with Crippen LogP contribution in [0, 0.1) is 6.92 Å². The van der Waals surface area contributed by atoms with Crippen LogP contribution in [0.25, 0.3) is 11.0 Å². The molecule has 1 amide bonds. The zero-order valence-electron chi connectivity index (χ0n) is 14.4. The standard InChI is InChI=1S/C19H11ClN4O3S/c1-9-22-23-19(28-9)24-15(12-4-2-3-7-21-12)14-16(25)11-8-10(20)5-6-13(11)27-17(14)18(24)26/h2-8,15H,1H3/t15-/m0/s1. The summed E-state index contributed by atoms with van der Waals surface area (Å²) in [6.45, 7) is 1.80. The smallest absolute Gasteiger partial charge is 0.297 e. The number of rotatable bonds is 2. The average molecular weight is 411 g/mol. The van der Waals surface area contributed by atoms with Crippen molar-refractivity contribution >= 4 is 44.9 Å². The topological polar surface area (TPSA) is 89.2 Å². The fraction of sp³-hybridized carbons (Fsp3) is 0.105. The minimum Gasteiger partial charge on any atom is -0.450 e. The Kier molecular flexibility index (Phi) is 3.78. The molecule has 5 rings (SSSR count). The first-order chi connectivity index (χ1) is 13.5. The second-order valence-corrected chi connectivity index (χ2v) is 7.85. The lowest BCUT2D eigenvalue weighted by Gasteiger charge is -2.20. The van der Waals surface area contributed by atoms with Crippen LogP contribution in [0.1, 0.15) is 32.9 Å². The van der Waals surface area contributed by atoms with Crippen molar-refractivity contribution in [3.8, 4) is 0 Å². The van der Waals surface area contributed by atoms with Gasteiger partial charge < -0.3 is 4.42 Å². The molecule has 9 heteroatoms. The van der Waals surface area contributed by atoms with Crippen molar-refractivity contribution in [1.82, 2.24) is 15.2 Å². The number of hydrogen-bond acceptors (Lipinski definition) is 7. The number of aryl methyl sites for hydroxylation is 1. The van der Waals surface area contributed by atoms with Crippen LogP contribution >= 0.6 is 22.9 Å². The van der Waals surface area contributed by atoms with Crippen molar-refractivity contribution in [1.29, 1.82) is 0 Å². The van der Waals surface area contributed by atoms with Crippen molar-refractivity contribution in [2.75, 3.05) is 4.90 Å². The molecule has 0 spiro atoms. The summed E-state index contributed by atoms with van der Waals surface area (Å²) in [6.07, 6.45) is 1.61. The van der Waals surface area contributed by atoms with Crippen LogP contribution < -0.4 is 10.3 Å². The second kappa shape index (κ2) is 6.22. The Balaban J connectivity index is 1.84. The summed E-state index contributed by atoms with van der Waals surface area (Å²) in [5.74, 6) is -0.459. The molecule has 0 saturated carbocycles. The van der Waals surface area contributed by atoms with E-state index in [0.717, 1.165) is 0 Å². The molecule has 28 heavy (non-hydrogen) atoms. The van der Waals surface area contributed by atoms with E-state index in [1.807, 2.05) is 0 Å². The SMILES string of the molecule is Cc1nnc(N2C(=O)c3oc4ccc(Cl)cc4c(=O)c3[C@@H]2c2ccccn2)s1. The predicted molar refractivity (Wildman–Crippen MR) is 105 cm³/mol. The van der Waals surface area contributed by atoms with E-state index >= 15 is 0 Å². The van der Waals surface area contributed by atoms with Gasteiger partial charge >= 0.3 is 0 Å². The molecule has 4 aromatic rings. The molecule has 0 unspecified atom stereocenters. The molecule has 7 nitrogen and oxygen atoms in total. The van der Waals surface area contributed by atoms with Gasteiger partial charge in [0.1, 0.15) is 16.6 Å². The van der Waals surface area contributed by atoms with E-state index in [9.17, 15) is 9.59 Å². The summed E-state index contributed by atoms with van der Waals surface area (Å²) >= 11 is 7.32. The van der Waals surface area contributed by atoms with Gasteiger partial charge in [-0.1, -0.05) is 29.0 Å². The molecule has 0 bridgehead atoms. The quantitative estimate of drug-likeness (QED) is 0.500. The Morgan fingerprint density at radius 1 is 1.18 bits per heavy atom. The minimum atomic E-state index is -0.754. The molecule has 138 valence electrons. The first-order valence-corrected chi connectivity index (χ1v) is 9.55. The summed E-state index contributed by atoms with van der Waals surface area (Å²) in [6, 6.07) is 9.31. The van der Waals surface area contributed by atoms with Crippen LogP contribution in [0.2, 0.25) is 5.02 Å². The van der Waals surface area contributed by atoms with Crippen molar-refractivity contribution in [3.63, 3.8) is 0 Å². The van der Waals surface area contributed by atoms with Gasteiger partial charge in [-0.25, -0.2) is 0 Å². The highest BCUT2D eigenvalue weighted by molar-refractivity contribution is 7.15. The van der Waals surface area contributed by atoms with Crippen molar-refractivity contribution in [3.05, 3.63) is 79.9 Å². The molecule has 1 aliphatic rings.